The van der Waals surface area contributed by atoms with Gasteiger partial charge in [-0.3, -0.25) is 0 Å². The summed E-state index contributed by atoms with van der Waals surface area (Å²) in [6.07, 6.45) is 4.00. The van der Waals surface area contributed by atoms with Crippen molar-refractivity contribution >= 4 is 51.8 Å². The number of hydrogen-bond acceptors (Lipinski definition) is 5. The second-order valence-electron chi connectivity index (χ2n) is 4.27. The summed E-state index contributed by atoms with van der Waals surface area (Å²) in [4.78, 5) is 0.831. The van der Waals surface area contributed by atoms with Crippen molar-refractivity contribution in [3.8, 4) is 0 Å². The lowest BCUT2D eigenvalue weighted by atomic mass is 10.2. The molecule has 0 unspecified atom stereocenters. The molecule has 1 aromatic carbocycles. The van der Waals surface area contributed by atoms with Gasteiger partial charge in [0.25, 0.3) is 0 Å². The molecular weight excluding hydrogens is 324 g/mol. The molecule has 3 rings (SSSR count). The van der Waals surface area contributed by atoms with Gasteiger partial charge in [0.15, 0.2) is 5.82 Å². The molecule has 0 saturated carbocycles. The van der Waals surface area contributed by atoms with E-state index in [1.165, 1.54) is 11.3 Å². The molecular formula is C14H13ClN4S2. The Balaban J connectivity index is 1.81. The molecule has 0 N–H and O–H groups in total. The molecule has 0 aliphatic carbocycles. The van der Waals surface area contributed by atoms with E-state index < -0.39 is 0 Å². The molecule has 0 fully saturated rings. The monoisotopic (exact) mass is 336 g/mol. The average Bonchev–Trinajstić information content (AvgIpc) is 3.05. The van der Waals surface area contributed by atoms with Crippen molar-refractivity contribution in [2.24, 2.45) is 0 Å². The first kappa shape index (κ1) is 14.6. The van der Waals surface area contributed by atoms with Crippen molar-refractivity contribution in [3.05, 3.63) is 45.7 Å². The van der Waals surface area contributed by atoms with E-state index in [0.29, 0.717) is 0 Å². The minimum atomic E-state index is 0.740. The van der Waals surface area contributed by atoms with Crippen molar-refractivity contribution in [2.45, 2.75) is 12.7 Å². The Bertz CT molecular complexity index is 761. The first-order chi connectivity index (χ1) is 10.3. The number of thioether (sulfide) groups is 1. The lowest BCUT2D eigenvalue weighted by Gasteiger charge is -1.93. The summed E-state index contributed by atoms with van der Waals surface area (Å²) in [6.45, 7) is 2.13. The van der Waals surface area contributed by atoms with Crippen LogP contribution in [0.5, 0.6) is 0 Å². The molecule has 21 heavy (non-hydrogen) atoms. The molecule has 0 saturated heterocycles. The van der Waals surface area contributed by atoms with Crippen LogP contribution in [-0.4, -0.2) is 25.6 Å². The Morgan fingerprint density at radius 2 is 2.05 bits per heavy atom. The van der Waals surface area contributed by atoms with Gasteiger partial charge in [-0.05, 0) is 29.5 Å². The zero-order valence-electron chi connectivity index (χ0n) is 11.4. The van der Waals surface area contributed by atoms with Crippen LogP contribution in [0, 0.1) is 0 Å². The predicted octanol–water partition coefficient (Wildman–Crippen LogP) is 4.26. The van der Waals surface area contributed by atoms with Crippen molar-refractivity contribution in [3.63, 3.8) is 0 Å². The number of hydrogen-bond donors (Lipinski definition) is 0. The molecule has 108 valence electrons. The van der Waals surface area contributed by atoms with Crippen molar-refractivity contribution in [1.29, 1.82) is 0 Å². The SMILES string of the molecule is CCSCc1nnc2sc(C=Cc3ccc(Cl)cc3)nn12. The van der Waals surface area contributed by atoms with Crippen LogP contribution in [0.3, 0.4) is 0 Å². The van der Waals surface area contributed by atoms with Crippen LogP contribution in [0.1, 0.15) is 23.3 Å². The summed E-state index contributed by atoms with van der Waals surface area (Å²) >= 11 is 9.21. The molecule has 2 aromatic heterocycles. The first-order valence-electron chi connectivity index (χ1n) is 6.49. The highest BCUT2D eigenvalue weighted by molar-refractivity contribution is 7.98. The van der Waals surface area contributed by atoms with E-state index in [4.69, 9.17) is 11.6 Å². The van der Waals surface area contributed by atoms with E-state index in [1.54, 1.807) is 0 Å². The maximum absolute atomic E-state index is 5.87. The van der Waals surface area contributed by atoms with Crippen LogP contribution >= 0.6 is 34.7 Å². The van der Waals surface area contributed by atoms with Crippen LogP contribution in [0.25, 0.3) is 17.1 Å². The predicted molar refractivity (Wildman–Crippen MR) is 90.9 cm³/mol. The normalized spacial score (nSPS) is 11.7. The third-order valence-corrected chi connectivity index (χ3v) is 4.78. The van der Waals surface area contributed by atoms with Gasteiger partial charge in [-0.15, -0.1) is 10.2 Å². The molecule has 0 aliphatic rings. The largest absolute Gasteiger partial charge is 0.234 e. The van der Waals surface area contributed by atoms with Crippen LogP contribution in [0.15, 0.2) is 24.3 Å². The summed E-state index contributed by atoms with van der Waals surface area (Å²) < 4.78 is 1.83. The average molecular weight is 337 g/mol. The number of halogens is 1. The molecule has 7 heteroatoms. The smallest absolute Gasteiger partial charge is 0.186 e. The fourth-order valence-electron chi connectivity index (χ4n) is 1.76. The van der Waals surface area contributed by atoms with Crippen LogP contribution in [0.2, 0.25) is 5.02 Å². The molecule has 4 nitrogen and oxygen atoms in total. The first-order valence-corrected chi connectivity index (χ1v) is 8.83. The summed E-state index contributed by atoms with van der Waals surface area (Å²) in [5.74, 6) is 2.80. The fourth-order valence-corrected chi connectivity index (χ4v) is 3.22. The third kappa shape index (κ3) is 3.45. The fraction of sp³-hybridized carbons (Fsp3) is 0.214. The standard InChI is InChI=1S/C14H13ClN4S2/c1-2-20-9-12-16-17-14-19(12)18-13(21-14)8-5-10-3-6-11(15)7-4-10/h3-8H,2,9H2,1H3. The van der Waals surface area contributed by atoms with Crippen molar-refractivity contribution in [1.82, 2.24) is 19.8 Å². The minimum absolute atomic E-state index is 0.740. The molecule has 0 aliphatic heterocycles. The third-order valence-electron chi connectivity index (χ3n) is 2.79. The second kappa shape index (κ2) is 6.60. The van der Waals surface area contributed by atoms with E-state index in [9.17, 15) is 0 Å². The molecule has 3 aromatic rings. The molecule has 0 atom stereocenters. The van der Waals surface area contributed by atoms with E-state index >= 15 is 0 Å². The van der Waals surface area contributed by atoms with Crippen LogP contribution in [0.4, 0.5) is 0 Å². The second-order valence-corrected chi connectivity index (χ2v) is 6.97. The lowest BCUT2D eigenvalue weighted by Crippen LogP contribution is -1.93. The van der Waals surface area contributed by atoms with E-state index in [0.717, 1.165) is 37.9 Å². The van der Waals surface area contributed by atoms with Gasteiger partial charge in [-0.25, -0.2) is 0 Å². The molecule has 0 bridgehead atoms. The maximum Gasteiger partial charge on any atom is 0.234 e. The molecule has 0 spiro atoms. The molecule has 0 amide bonds. The Morgan fingerprint density at radius 1 is 1.24 bits per heavy atom. The number of benzene rings is 1. The van der Waals surface area contributed by atoms with Crippen molar-refractivity contribution in [2.75, 3.05) is 5.75 Å². The van der Waals surface area contributed by atoms with Gasteiger partial charge in [0.2, 0.25) is 4.96 Å². The van der Waals surface area contributed by atoms with Gasteiger partial charge in [-0.2, -0.15) is 21.4 Å². The number of aromatic nitrogens is 4. The summed E-state index contributed by atoms with van der Waals surface area (Å²) in [5.41, 5.74) is 1.09. The zero-order chi connectivity index (χ0) is 14.7. The highest BCUT2D eigenvalue weighted by Gasteiger charge is 2.09. The Labute approximate surface area is 135 Å². The van der Waals surface area contributed by atoms with Gasteiger partial charge in [0.05, 0.1) is 5.75 Å². The van der Waals surface area contributed by atoms with E-state index in [2.05, 4.69) is 22.2 Å². The highest BCUT2D eigenvalue weighted by Crippen LogP contribution is 2.19. The number of fused-ring (bicyclic) bond motifs is 1. The molecule has 0 radical (unpaired) electrons. The number of rotatable bonds is 5. The van der Waals surface area contributed by atoms with Gasteiger partial charge in [0, 0.05) is 5.02 Å². The van der Waals surface area contributed by atoms with E-state index in [-0.39, 0.29) is 0 Å². The topological polar surface area (TPSA) is 43.1 Å². The summed E-state index contributed by atoms with van der Waals surface area (Å²) in [5, 5.41) is 14.5. The highest BCUT2D eigenvalue weighted by atomic mass is 35.5. The number of nitrogens with zero attached hydrogens (tertiary/aromatic N) is 4. The summed E-state index contributed by atoms with van der Waals surface area (Å²) in [7, 11) is 0. The van der Waals surface area contributed by atoms with E-state index in [1.807, 2.05) is 52.7 Å². The Kier molecular flexibility index (Phi) is 4.57. The quantitative estimate of drug-likeness (QED) is 0.698. The summed E-state index contributed by atoms with van der Waals surface area (Å²) in [6, 6.07) is 7.70. The minimum Gasteiger partial charge on any atom is -0.186 e. The van der Waals surface area contributed by atoms with Gasteiger partial charge < -0.3 is 0 Å². The maximum atomic E-state index is 5.87. The molecule has 2 heterocycles. The van der Waals surface area contributed by atoms with Gasteiger partial charge >= 0.3 is 0 Å². The zero-order valence-corrected chi connectivity index (χ0v) is 13.8. The Morgan fingerprint density at radius 3 is 2.81 bits per heavy atom. The Hall–Kier alpha value is -1.37. The lowest BCUT2D eigenvalue weighted by molar-refractivity contribution is 0.880. The van der Waals surface area contributed by atoms with Gasteiger partial charge in [-0.1, -0.05) is 48.1 Å². The van der Waals surface area contributed by atoms with Gasteiger partial charge in [0.1, 0.15) is 5.01 Å². The van der Waals surface area contributed by atoms with Crippen LogP contribution < -0.4 is 0 Å². The van der Waals surface area contributed by atoms with Crippen LogP contribution in [-0.2, 0) is 5.75 Å². The van der Waals surface area contributed by atoms with Crippen molar-refractivity contribution < 1.29 is 0 Å².